The first kappa shape index (κ1) is 22.7. The van der Waals surface area contributed by atoms with Gasteiger partial charge in [0.2, 0.25) is 0 Å². The van der Waals surface area contributed by atoms with Gasteiger partial charge < -0.3 is 25.8 Å². The van der Waals surface area contributed by atoms with Gasteiger partial charge in [-0.3, -0.25) is 4.79 Å². The van der Waals surface area contributed by atoms with Crippen LogP contribution < -0.4 is 21.1 Å². The molecule has 4 N–H and O–H groups in total. The minimum atomic E-state index is -0.128. The van der Waals surface area contributed by atoms with Gasteiger partial charge in [-0.25, -0.2) is 0 Å². The molecule has 1 unspecified atom stereocenters. The first-order valence-corrected chi connectivity index (χ1v) is 10.7. The van der Waals surface area contributed by atoms with Crippen molar-refractivity contribution in [3.63, 3.8) is 0 Å². The Morgan fingerprint density at radius 1 is 1.26 bits per heavy atom. The largest absolute Gasteiger partial charge is 0.496 e. The van der Waals surface area contributed by atoms with E-state index < -0.39 is 0 Å². The van der Waals surface area contributed by atoms with E-state index >= 15 is 0 Å². The van der Waals surface area contributed by atoms with Crippen LogP contribution in [-0.4, -0.2) is 39.3 Å². The van der Waals surface area contributed by atoms with Crippen LogP contribution in [0.15, 0.2) is 36.5 Å². The third-order valence-corrected chi connectivity index (χ3v) is 5.89. The molecule has 1 amide bonds. The van der Waals surface area contributed by atoms with E-state index in [1.54, 1.807) is 13.3 Å². The topological polar surface area (TPSA) is 85.6 Å². The smallest absolute Gasteiger partial charge is 0.255 e. The van der Waals surface area contributed by atoms with E-state index in [0.29, 0.717) is 23.6 Å². The summed E-state index contributed by atoms with van der Waals surface area (Å²) in [6.07, 6.45) is 4.63. The summed E-state index contributed by atoms with van der Waals surface area (Å²) in [5.74, 6) is 0.503. The molecule has 1 fully saturated rings. The van der Waals surface area contributed by atoms with Crippen molar-refractivity contribution in [2.45, 2.75) is 39.2 Å². The molecule has 1 aliphatic heterocycles. The molecule has 6 nitrogen and oxygen atoms in total. The molecule has 6 heteroatoms. The standard InChI is InChI=1S/C25H33N3O3/c1-16-17(2)24(30-4)22(25(29)28-14-21-6-5-11-31-21)13-20(16)12-18-7-9-19(10-8-18)23(26)15-27-3/h7-10,13,15,21,27H,5-6,11-12,14,26H2,1-4H3,(H,28,29)/b23-15-. The molecule has 0 saturated carbocycles. The second-order valence-corrected chi connectivity index (χ2v) is 7.97. The number of carbonyl (C=O) groups excluding carboxylic acids is 1. The van der Waals surface area contributed by atoms with Crippen LogP contribution in [0.1, 0.15) is 51.0 Å². The highest BCUT2D eigenvalue weighted by atomic mass is 16.5. The van der Waals surface area contributed by atoms with Crippen LogP contribution in [0.5, 0.6) is 5.75 Å². The third-order valence-electron chi connectivity index (χ3n) is 5.89. The molecule has 1 heterocycles. The number of nitrogens with two attached hydrogens (primary N) is 1. The second-order valence-electron chi connectivity index (χ2n) is 7.97. The molecule has 0 bridgehead atoms. The zero-order valence-corrected chi connectivity index (χ0v) is 18.9. The number of hydrogen-bond donors (Lipinski definition) is 3. The molecule has 0 radical (unpaired) electrons. The number of carbonyl (C=O) groups is 1. The van der Waals surface area contributed by atoms with Gasteiger partial charge in [0.15, 0.2) is 0 Å². The summed E-state index contributed by atoms with van der Waals surface area (Å²) in [5, 5.41) is 5.96. The van der Waals surface area contributed by atoms with Crippen molar-refractivity contribution in [3.8, 4) is 5.75 Å². The maximum absolute atomic E-state index is 13.0. The molecule has 1 atom stereocenters. The Hall–Kier alpha value is -2.99. The van der Waals surface area contributed by atoms with Gasteiger partial charge in [0.05, 0.1) is 24.5 Å². The van der Waals surface area contributed by atoms with E-state index in [1.807, 2.05) is 32.2 Å². The van der Waals surface area contributed by atoms with Crippen molar-refractivity contribution >= 4 is 11.6 Å². The maximum Gasteiger partial charge on any atom is 0.255 e. The molecular formula is C25H33N3O3. The summed E-state index contributed by atoms with van der Waals surface area (Å²) in [5.41, 5.74) is 12.6. The van der Waals surface area contributed by atoms with Gasteiger partial charge >= 0.3 is 0 Å². The van der Waals surface area contributed by atoms with Gasteiger partial charge in [-0.05, 0) is 67.0 Å². The molecule has 31 heavy (non-hydrogen) atoms. The molecule has 1 aliphatic rings. The van der Waals surface area contributed by atoms with Crippen LogP contribution in [-0.2, 0) is 11.2 Å². The van der Waals surface area contributed by atoms with Crippen molar-refractivity contribution in [1.29, 1.82) is 0 Å². The van der Waals surface area contributed by atoms with Gasteiger partial charge in [-0.1, -0.05) is 24.3 Å². The quantitative estimate of drug-likeness (QED) is 0.607. The fourth-order valence-corrected chi connectivity index (χ4v) is 3.96. The normalized spacial score (nSPS) is 16.3. The molecule has 2 aromatic rings. The highest BCUT2D eigenvalue weighted by Gasteiger charge is 2.21. The first-order chi connectivity index (χ1) is 14.9. The number of benzene rings is 2. The molecule has 2 aromatic carbocycles. The summed E-state index contributed by atoms with van der Waals surface area (Å²) in [7, 11) is 3.44. The van der Waals surface area contributed by atoms with Crippen LogP contribution in [0.4, 0.5) is 0 Å². The fraction of sp³-hybridized carbons (Fsp3) is 0.400. The van der Waals surface area contributed by atoms with Crippen LogP contribution in [0.25, 0.3) is 5.70 Å². The van der Waals surface area contributed by atoms with Crippen molar-refractivity contribution in [3.05, 3.63) is 69.9 Å². The molecule has 0 spiro atoms. The van der Waals surface area contributed by atoms with Crippen LogP contribution in [0, 0.1) is 13.8 Å². The maximum atomic E-state index is 13.0. The summed E-state index contributed by atoms with van der Waals surface area (Å²) < 4.78 is 11.2. The average molecular weight is 424 g/mol. The van der Waals surface area contributed by atoms with Crippen molar-refractivity contribution in [2.75, 3.05) is 27.3 Å². The number of hydrogen-bond acceptors (Lipinski definition) is 5. The molecule has 0 aliphatic carbocycles. The minimum absolute atomic E-state index is 0.101. The highest BCUT2D eigenvalue weighted by Crippen LogP contribution is 2.30. The van der Waals surface area contributed by atoms with E-state index in [2.05, 4.69) is 29.7 Å². The minimum Gasteiger partial charge on any atom is -0.496 e. The lowest BCUT2D eigenvalue weighted by Gasteiger charge is -2.18. The fourth-order valence-electron chi connectivity index (χ4n) is 3.96. The van der Waals surface area contributed by atoms with E-state index in [0.717, 1.165) is 53.7 Å². The van der Waals surface area contributed by atoms with Crippen molar-refractivity contribution < 1.29 is 14.3 Å². The van der Waals surface area contributed by atoms with E-state index in [1.165, 1.54) is 0 Å². The number of methoxy groups -OCH3 is 1. The number of nitrogens with one attached hydrogen (secondary N) is 2. The average Bonchev–Trinajstić information content (AvgIpc) is 3.29. The Morgan fingerprint density at radius 2 is 2.00 bits per heavy atom. The highest BCUT2D eigenvalue weighted by molar-refractivity contribution is 5.98. The van der Waals surface area contributed by atoms with E-state index in [9.17, 15) is 4.79 Å². The van der Waals surface area contributed by atoms with Crippen LogP contribution >= 0.6 is 0 Å². The van der Waals surface area contributed by atoms with Crippen LogP contribution in [0.2, 0.25) is 0 Å². The number of ether oxygens (including phenoxy) is 2. The lowest BCUT2D eigenvalue weighted by Crippen LogP contribution is -2.32. The Labute approximate surface area is 184 Å². The zero-order valence-electron chi connectivity index (χ0n) is 18.9. The van der Waals surface area contributed by atoms with E-state index in [-0.39, 0.29) is 12.0 Å². The van der Waals surface area contributed by atoms with Crippen molar-refractivity contribution in [1.82, 2.24) is 10.6 Å². The van der Waals surface area contributed by atoms with Gasteiger partial charge in [0.25, 0.3) is 5.91 Å². The van der Waals surface area contributed by atoms with Gasteiger partial charge in [0, 0.05) is 26.4 Å². The Bertz CT molecular complexity index is 945. The lowest BCUT2D eigenvalue weighted by molar-refractivity contribution is 0.0855. The predicted octanol–water partition coefficient (Wildman–Crippen LogP) is 3.29. The van der Waals surface area contributed by atoms with Gasteiger partial charge in [-0.15, -0.1) is 0 Å². The van der Waals surface area contributed by atoms with Crippen LogP contribution in [0.3, 0.4) is 0 Å². The Balaban J connectivity index is 1.83. The first-order valence-electron chi connectivity index (χ1n) is 10.7. The molecule has 166 valence electrons. The molecule has 1 saturated heterocycles. The van der Waals surface area contributed by atoms with Gasteiger partial charge in [0.1, 0.15) is 5.75 Å². The number of amides is 1. The molecule has 3 rings (SSSR count). The Kier molecular flexibility index (Phi) is 7.58. The van der Waals surface area contributed by atoms with E-state index in [4.69, 9.17) is 15.2 Å². The van der Waals surface area contributed by atoms with Crippen molar-refractivity contribution in [2.24, 2.45) is 5.73 Å². The lowest BCUT2D eigenvalue weighted by atomic mass is 9.93. The molecule has 0 aromatic heterocycles. The van der Waals surface area contributed by atoms with Gasteiger partial charge in [-0.2, -0.15) is 0 Å². The zero-order chi connectivity index (χ0) is 22.4. The predicted molar refractivity (Wildman–Crippen MR) is 124 cm³/mol. The summed E-state index contributed by atoms with van der Waals surface area (Å²) in [6.45, 7) is 5.37. The third kappa shape index (κ3) is 5.39. The SMILES string of the molecule is CN/C=C(\N)c1ccc(Cc2cc(C(=O)NCC3CCCO3)c(OC)c(C)c2C)cc1. The summed E-state index contributed by atoms with van der Waals surface area (Å²) in [6, 6.07) is 10.1. The summed E-state index contributed by atoms with van der Waals surface area (Å²) in [4.78, 5) is 13.0. The Morgan fingerprint density at radius 3 is 2.61 bits per heavy atom. The monoisotopic (exact) mass is 423 g/mol. The summed E-state index contributed by atoms with van der Waals surface area (Å²) >= 11 is 0. The second kappa shape index (κ2) is 10.4. The molecular weight excluding hydrogens is 390 g/mol. The number of rotatable bonds is 8.